The number of fused-ring (bicyclic) bond motifs is 3. The zero-order chi connectivity index (χ0) is 25.2. The number of amides is 1. The lowest BCUT2D eigenvalue weighted by Gasteiger charge is -2.16. The van der Waals surface area contributed by atoms with Crippen LogP contribution in [0.15, 0.2) is 54.4 Å². The van der Waals surface area contributed by atoms with Crippen molar-refractivity contribution in [1.82, 2.24) is 29.7 Å². The van der Waals surface area contributed by atoms with Gasteiger partial charge < -0.3 is 19.5 Å². The molecular formula is C25H25N7O4. The smallest absolute Gasteiger partial charge is 0.255 e. The lowest BCUT2D eigenvalue weighted by atomic mass is 10.2. The van der Waals surface area contributed by atoms with E-state index < -0.39 is 0 Å². The molecule has 2 N–H and O–H groups in total. The van der Waals surface area contributed by atoms with Gasteiger partial charge in [-0.1, -0.05) is 18.2 Å². The third-order valence-electron chi connectivity index (χ3n) is 5.92. The first-order chi connectivity index (χ1) is 17.5. The molecule has 0 spiro atoms. The molecule has 11 nitrogen and oxygen atoms in total. The van der Waals surface area contributed by atoms with Crippen molar-refractivity contribution in [3.05, 3.63) is 71.5 Å². The number of hydrogen-bond acceptors (Lipinski definition) is 9. The second-order valence-corrected chi connectivity index (χ2v) is 8.57. The minimum absolute atomic E-state index is 0.0297. The standard InChI is InChI=1S/C25H25N7O4/c1-31(17-9-10-17)25(34)15-7-8-16(27-12-15)13-36-24-20-6-4-3-5-19(20)22-28-29-23(32(22)30-24)21(26)11-18(33)14-35-2/h3-8,11-12,17,26,33H,9-10,13-14H2,1-2H3/b18-11-,26-21?. The minimum atomic E-state index is -0.118. The highest BCUT2D eigenvalue weighted by molar-refractivity contribution is 6.05. The summed E-state index contributed by atoms with van der Waals surface area (Å²) in [5, 5.41) is 32.6. The van der Waals surface area contributed by atoms with Gasteiger partial charge in [-0.3, -0.25) is 15.2 Å². The Labute approximate surface area is 206 Å². The molecule has 0 radical (unpaired) electrons. The lowest BCUT2D eigenvalue weighted by Crippen LogP contribution is -2.28. The first-order valence-electron chi connectivity index (χ1n) is 11.4. The van der Waals surface area contributed by atoms with Crippen molar-refractivity contribution < 1.29 is 19.4 Å². The van der Waals surface area contributed by atoms with Crippen LogP contribution in [-0.2, 0) is 11.3 Å². The average molecular weight is 488 g/mol. The molecule has 0 bridgehead atoms. The molecule has 1 aliphatic carbocycles. The van der Waals surface area contributed by atoms with E-state index in [9.17, 15) is 9.90 Å². The van der Waals surface area contributed by atoms with Crippen molar-refractivity contribution in [2.24, 2.45) is 0 Å². The number of aliphatic hydroxyl groups excluding tert-OH is 1. The molecule has 3 aromatic heterocycles. The largest absolute Gasteiger partial charge is 0.510 e. The summed E-state index contributed by atoms with van der Waals surface area (Å²) in [5.41, 5.74) is 1.55. The van der Waals surface area contributed by atoms with Crippen LogP contribution >= 0.6 is 0 Å². The van der Waals surface area contributed by atoms with Crippen LogP contribution in [0.3, 0.4) is 0 Å². The number of carbonyl (C=O) groups is 1. The number of hydrogen-bond donors (Lipinski definition) is 2. The molecule has 5 rings (SSSR count). The molecule has 1 aromatic carbocycles. The molecule has 4 aromatic rings. The highest BCUT2D eigenvalue weighted by atomic mass is 16.5. The van der Waals surface area contributed by atoms with Gasteiger partial charge in [0.15, 0.2) is 5.65 Å². The van der Waals surface area contributed by atoms with Crippen LogP contribution in [0.4, 0.5) is 0 Å². The SMILES string of the molecule is COC/C(O)=C/C(=N)c1nnc2c3ccccc3c(OCc3ccc(C(=O)N(C)C4CC4)cn3)nn12. The Bertz CT molecular complexity index is 1480. The maximum atomic E-state index is 12.5. The summed E-state index contributed by atoms with van der Waals surface area (Å²) in [6, 6.07) is 11.3. The van der Waals surface area contributed by atoms with E-state index in [1.165, 1.54) is 17.7 Å². The summed E-state index contributed by atoms with van der Waals surface area (Å²) in [7, 11) is 3.27. The van der Waals surface area contributed by atoms with Gasteiger partial charge in [-0.05, 0) is 31.0 Å². The van der Waals surface area contributed by atoms with Gasteiger partial charge in [-0.2, -0.15) is 4.52 Å². The molecule has 0 aliphatic heterocycles. The molecule has 11 heteroatoms. The number of ether oxygens (including phenoxy) is 2. The maximum absolute atomic E-state index is 12.5. The van der Waals surface area contributed by atoms with Gasteiger partial charge in [-0.15, -0.1) is 15.3 Å². The van der Waals surface area contributed by atoms with Crippen molar-refractivity contribution in [2.75, 3.05) is 20.8 Å². The summed E-state index contributed by atoms with van der Waals surface area (Å²) in [5.74, 6) is 0.299. The number of nitrogens with zero attached hydrogens (tertiary/aromatic N) is 6. The molecule has 184 valence electrons. The third-order valence-corrected chi connectivity index (χ3v) is 5.92. The fraction of sp³-hybridized carbons (Fsp3) is 0.280. The number of allylic oxidation sites excluding steroid dienone is 1. The number of methoxy groups -OCH3 is 1. The number of aromatic nitrogens is 5. The molecule has 1 fully saturated rings. The first kappa shape index (κ1) is 23.4. The molecule has 0 saturated heterocycles. The van der Waals surface area contributed by atoms with Crippen LogP contribution in [-0.4, -0.2) is 73.2 Å². The second-order valence-electron chi connectivity index (χ2n) is 8.57. The number of benzene rings is 1. The van der Waals surface area contributed by atoms with E-state index in [-0.39, 0.29) is 36.4 Å². The van der Waals surface area contributed by atoms with Gasteiger partial charge in [0.05, 0.1) is 11.3 Å². The van der Waals surface area contributed by atoms with Crippen LogP contribution in [0.1, 0.15) is 34.7 Å². The molecule has 3 heterocycles. The van der Waals surface area contributed by atoms with Gasteiger partial charge >= 0.3 is 0 Å². The highest BCUT2D eigenvalue weighted by Crippen LogP contribution is 2.28. The molecule has 1 amide bonds. The number of nitrogens with one attached hydrogen (secondary N) is 1. The number of carbonyl (C=O) groups excluding carboxylic acids is 1. The van der Waals surface area contributed by atoms with E-state index in [1.807, 2.05) is 31.3 Å². The third kappa shape index (κ3) is 4.60. The Kier molecular flexibility index (Phi) is 6.30. The van der Waals surface area contributed by atoms with Crippen molar-refractivity contribution in [3.63, 3.8) is 0 Å². The van der Waals surface area contributed by atoms with E-state index in [2.05, 4.69) is 20.3 Å². The van der Waals surface area contributed by atoms with Crippen LogP contribution in [0, 0.1) is 5.41 Å². The Morgan fingerprint density at radius 1 is 1.22 bits per heavy atom. The summed E-state index contributed by atoms with van der Waals surface area (Å²) < 4.78 is 12.3. The van der Waals surface area contributed by atoms with Gasteiger partial charge in [0.25, 0.3) is 5.91 Å². The van der Waals surface area contributed by atoms with E-state index in [0.717, 1.165) is 23.6 Å². The van der Waals surface area contributed by atoms with Gasteiger partial charge in [0.1, 0.15) is 24.7 Å². The van der Waals surface area contributed by atoms with Crippen LogP contribution in [0.5, 0.6) is 5.88 Å². The summed E-state index contributed by atoms with van der Waals surface area (Å²) >= 11 is 0. The normalized spacial score (nSPS) is 13.8. The maximum Gasteiger partial charge on any atom is 0.255 e. The summed E-state index contributed by atoms with van der Waals surface area (Å²) in [6.07, 6.45) is 4.90. The Balaban J connectivity index is 1.42. The Hall–Kier alpha value is -4.38. The fourth-order valence-corrected chi connectivity index (χ4v) is 3.86. The summed E-state index contributed by atoms with van der Waals surface area (Å²) in [4.78, 5) is 18.7. The quantitative estimate of drug-likeness (QED) is 0.271. The molecule has 36 heavy (non-hydrogen) atoms. The molecule has 0 unspecified atom stereocenters. The zero-order valence-electron chi connectivity index (χ0n) is 19.9. The lowest BCUT2D eigenvalue weighted by molar-refractivity contribution is 0.0784. The van der Waals surface area contributed by atoms with E-state index >= 15 is 0 Å². The predicted molar refractivity (Wildman–Crippen MR) is 131 cm³/mol. The Morgan fingerprint density at radius 2 is 2.00 bits per heavy atom. The number of rotatable bonds is 9. The molecule has 1 aliphatic rings. The second kappa shape index (κ2) is 9.70. The summed E-state index contributed by atoms with van der Waals surface area (Å²) in [6.45, 7) is 0.0942. The Morgan fingerprint density at radius 3 is 2.69 bits per heavy atom. The highest BCUT2D eigenvalue weighted by Gasteiger charge is 2.30. The minimum Gasteiger partial charge on any atom is -0.510 e. The van der Waals surface area contributed by atoms with E-state index in [1.54, 1.807) is 23.2 Å². The molecular weight excluding hydrogens is 462 g/mol. The van der Waals surface area contributed by atoms with Gasteiger partial charge in [-0.25, -0.2) is 0 Å². The first-order valence-corrected chi connectivity index (χ1v) is 11.4. The van der Waals surface area contributed by atoms with Crippen LogP contribution < -0.4 is 4.74 Å². The van der Waals surface area contributed by atoms with Crippen molar-refractivity contribution in [1.29, 1.82) is 5.41 Å². The predicted octanol–water partition coefficient (Wildman–Crippen LogP) is 2.94. The van der Waals surface area contributed by atoms with Crippen molar-refractivity contribution in [2.45, 2.75) is 25.5 Å². The monoisotopic (exact) mass is 487 g/mol. The molecule has 0 atom stereocenters. The van der Waals surface area contributed by atoms with Crippen molar-refractivity contribution in [3.8, 4) is 5.88 Å². The zero-order valence-corrected chi connectivity index (χ0v) is 19.9. The number of pyridine rings is 1. The average Bonchev–Trinajstić information content (AvgIpc) is 3.65. The van der Waals surface area contributed by atoms with E-state index in [0.29, 0.717) is 28.8 Å². The molecule has 1 saturated carbocycles. The topological polar surface area (TPSA) is 139 Å². The van der Waals surface area contributed by atoms with Crippen LogP contribution in [0.25, 0.3) is 16.4 Å². The number of aliphatic hydroxyl groups is 1. The van der Waals surface area contributed by atoms with Gasteiger partial charge in [0, 0.05) is 43.2 Å². The fourth-order valence-electron chi connectivity index (χ4n) is 3.86. The van der Waals surface area contributed by atoms with Crippen LogP contribution in [0.2, 0.25) is 0 Å². The van der Waals surface area contributed by atoms with E-state index in [4.69, 9.17) is 14.9 Å². The van der Waals surface area contributed by atoms with Crippen molar-refractivity contribution >= 4 is 28.0 Å². The van der Waals surface area contributed by atoms with Gasteiger partial charge in [0.2, 0.25) is 11.7 Å².